The third-order valence-corrected chi connectivity index (χ3v) is 6.41. The summed E-state index contributed by atoms with van der Waals surface area (Å²) in [4.78, 5) is 6.64. The van der Waals surface area contributed by atoms with Crippen molar-refractivity contribution >= 4 is 37.9 Å². The number of sulfonamides is 1. The summed E-state index contributed by atoms with van der Waals surface area (Å²) in [6, 6.07) is -0.157. The van der Waals surface area contributed by atoms with Crippen LogP contribution in [0.25, 0.3) is 4.96 Å². The van der Waals surface area contributed by atoms with E-state index in [2.05, 4.69) is 4.98 Å². The third kappa shape index (κ3) is 3.09. The molecule has 0 amide bonds. The highest BCUT2D eigenvalue weighted by atomic mass is 35.5. The highest BCUT2D eigenvalue weighted by Gasteiger charge is 2.33. The summed E-state index contributed by atoms with van der Waals surface area (Å²) in [5, 5.41) is 1.86. The molecule has 0 saturated carbocycles. The molecule has 0 saturated heterocycles. The quantitative estimate of drug-likeness (QED) is 0.799. The van der Waals surface area contributed by atoms with Gasteiger partial charge in [-0.1, -0.05) is 18.5 Å². The maximum atomic E-state index is 12.9. The predicted molar refractivity (Wildman–Crippen MR) is 85.7 cm³/mol. The zero-order valence-electron chi connectivity index (χ0n) is 12.4. The van der Waals surface area contributed by atoms with Crippen LogP contribution in [0.15, 0.2) is 16.6 Å². The summed E-state index contributed by atoms with van der Waals surface area (Å²) in [5.74, 6) is 0. The van der Waals surface area contributed by atoms with Crippen molar-refractivity contribution in [1.29, 1.82) is 0 Å². The van der Waals surface area contributed by atoms with E-state index >= 15 is 0 Å². The molecular weight excluding hydrogens is 332 g/mol. The number of hydrogen-bond acceptors (Lipinski definition) is 5. The summed E-state index contributed by atoms with van der Waals surface area (Å²) in [6.07, 6.45) is 1.68. The number of fused-ring (bicyclic) bond motifs is 1. The zero-order valence-corrected chi connectivity index (χ0v) is 14.8. The highest BCUT2D eigenvalue weighted by Crippen LogP contribution is 2.28. The number of rotatable bonds is 6. The first-order valence-corrected chi connectivity index (χ1v) is 9.26. The Bertz CT molecular complexity index is 723. The number of nitrogens with zero attached hydrogens (tertiary/aromatic N) is 4. The maximum absolute atomic E-state index is 12.9. The number of thiazole rings is 1. The third-order valence-electron chi connectivity index (χ3n) is 3.16. The lowest BCUT2D eigenvalue weighted by atomic mass is 10.3. The van der Waals surface area contributed by atoms with Crippen LogP contribution in [0.2, 0.25) is 5.15 Å². The fourth-order valence-electron chi connectivity index (χ4n) is 2.42. The molecule has 2 aromatic rings. The van der Waals surface area contributed by atoms with Gasteiger partial charge in [-0.05, 0) is 21.0 Å². The fraction of sp³-hybridized carbons (Fsp3) is 0.583. The molecule has 1 atom stereocenters. The molecule has 118 valence electrons. The number of imidazole rings is 1. The van der Waals surface area contributed by atoms with Gasteiger partial charge < -0.3 is 4.90 Å². The van der Waals surface area contributed by atoms with Crippen molar-refractivity contribution < 1.29 is 8.42 Å². The maximum Gasteiger partial charge on any atom is 0.262 e. The van der Waals surface area contributed by atoms with Crippen LogP contribution in [-0.4, -0.2) is 60.2 Å². The monoisotopic (exact) mass is 350 g/mol. The summed E-state index contributed by atoms with van der Waals surface area (Å²) in [7, 11) is 0.135. The molecular formula is C12H19ClN4O2S2. The molecule has 0 radical (unpaired) electrons. The van der Waals surface area contributed by atoms with Crippen LogP contribution in [0.1, 0.15) is 13.8 Å². The second-order valence-corrected chi connectivity index (χ2v) is 8.12. The lowest BCUT2D eigenvalue weighted by Gasteiger charge is -2.28. The fourth-order valence-corrected chi connectivity index (χ4v) is 5.46. The highest BCUT2D eigenvalue weighted by molar-refractivity contribution is 7.89. The molecule has 0 bridgehead atoms. The Morgan fingerprint density at radius 2 is 2.14 bits per heavy atom. The smallest absolute Gasteiger partial charge is 0.262 e. The molecule has 0 spiro atoms. The summed E-state index contributed by atoms with van der Waals surface area (Å²) in [5.41, 5.74) is 0. The molecule has 0 N–H and O–H groups in total. The van der Waals surface area contributed by atoms with Gasteiger partial charge in [0.25, 0.3) is 10.0 Å². The topological polar surface area (TPSA) is 57.9 Å². The second kappa shape index (κ2) is 6.21. The molecule has 2 rings (SSSR count). The van der Waals surface area contributed by atoms with Crippen molar-refractivity contribution in [2.24, 2.45) is 0 Å². The van der Waals surface area contributed by atoms with Gasteiger partial charge in [0.2, 0.25) is 0 Å². The van der Waals surface area contributed by atoms with E-state index in [1.54, 1.807) is 11.6 Å². The normalized spacial score (nSPS) is 14.4. The Labute approximate surface area is 134 Å². The molecule has 2 aromatic heterocycles. The molecule has 1 unspecified atom stereocenters. The van der Waals surface area contributed by atoms with Gasteiger partial charge in [-0.25, -0.2) is 13.4 Å². The van der Waals surface area contributed by atoms with Crippen LogP contribution >= 0.6 is 22.9 Å². The molecule has 9 heteroatoms. The van der Waals surface area contributed by atoms with Gasteiger partial charge in [0.1, 0.15) is 0 Å². The van der Waals surface area contributed by atoms with Crippen LogP contribution < -0.4 is 0 Å². The molecule has 0 fully saturated rings. The zero-order chi connectivity index (χ0) is 15.8. The van der Waals surface area contributed by atoms with E-state index in [9.17, 15) is 8.42 Å². The average Bonchev–Trinajstić information content (AvgIpc) is 2.86. The SMILES string of the molecule is CCN(C(C)CN(C)C)S(=O)(=O)c1c(Cl)nc2sccn12. The van der Waals surface area contributed by atoms with E-state index in [1.165, 1.54) is 20.0 Å². The number of aromatic nitrogens is 2. The van der Waals surface area contributed by atoms with Gasteiger partial charge in [0.05, 0.1) is 0 Å². The molecule has 0 aliphatic heterocycles. The summed E-state index contributed by atoms with van der Waals surface area (Å²) in [6.45, 7) is 4.73. The van der Waals surface area contributed by atoms with Crippen LogP contribution in [0.4, 0.5) is 0 Å². The van der Waals surface area contributed by atoms with E-state index in [-0.39, 0.29) is 16.2 Å². The Morgan fingerprint density at radius 3 is 2.71 bits per heavy atom. The van der Waals surface area contributed by atoms with Crippen molar-refractivity contribution in [3.05, 3.63) is 16.7 Å². The van der Waals surface area contributed by atoms with E-state index in [0.29, 0.717) is 18.1 Å². The molecule has 0 aliphatic rings. The summed E-state index contributed by atoms with van der Waals surface area (Å²) >= 11 is 7.42. The average molecular weight is 351 g/mol. The Morgan fingerprint density at radius 1 is 1.48 bits per heavy atom. The van der Waals surface area contributed by atoms with Gasteiger partial charge in [-0.2, -0.15) is 4.31 Å². The Hall–Kier alpha value is -0.670. The first-order chi connectivity index (χ1) is 9.78. The largest absolute Gasteiger partial charge is 0.308 e. The molecule has 0 aromatic carbocycles. The van der Waals surface area contributed by atoms with E-state index in [0.717, 1.165) is 0 Å². The van der Waals surface area contributed by atoms with Crippen LogP contribution in [0.5, 0.6) is 0 Å². The van der Waals surface area contributed by atoms with E-state index in [4.69, 9.17) is 11.6 Å². The predicted octanol–water partition coefficient (Wildman–Crippen LogP) is 2.01. The summed E-state index contributed by atoms with van der Waals surface area (Å²) < 4.78 is 28.9. The number of halogens is 1. The number of likely N-dealkylation sites (N-methyl/N-ethyl adjacent to an activating group) is 2. The standard InChI is InChI=1S/C12H19ClN4O2S2/c1-5-17(9(2)8-15(3)4)21(18,19)11-10(13)14-12-16(11)6-7-20-12/h6-7,9H,5,8H2,1-4H3. The number of hydrogen-bond donors (Lipinski definition) is 0. The lowest BCUT2D eigenvalue weighted by Crippen LogP contribution is -2.44. The minimum absolute atomic E-state index is 0.0253. The van der Waals surface area contributed by atoms with Gasteiger partial charge in [0, 0.05) is 30.7 Å². The first-order valence-electron chi connectivity index (χ1n) is 6.56. The first kappa shape index (κ1) is 16.7. The van der Waals surface area contributed by atoms with E-state index in [1.807, 2.05) is 32.8 Å². The Kier molecular flexibility index (Phi) is 4.94. The molecule has 21 heavy (non-hydrogen) atoms. The van der Waals surface area contributed by atoms with Gasteiger partial charge in [0.15, 0.2) is 15.1 Å². The van der Waals surface area contributed by atoms with Crippen LogP contribution in [0.3, 0.4) is 0 Å². The van der Waals surface area contributed by atoms with Crippen molar-refractivity contribution in [2.75, 3.05) is 27.2 Å². The second-order valence-electron chi connectivity index (χ2n) is 5.08. The Balaban J connectivity index is 2.48. The van der Waals surface area contributed by atoms with Crippen molar-refractivity contribution in [2.45, 2.75) is 24.9 Å². The van der Waals surface area contributed by atoms with Crippen molar-refractivity contribution in [3.63, 3.8) is 0 Å². The minimum Gasteiger partial charge on any atom is -0.308 e. The molecule has 6 nitrogen and oxygen atoms in total. The molecule has 2 heterocycles. The van der Waals surface area contributed by atoms with Gasteiger partial charge in [-0.15, -0.1) is 11.3 Å². The molecule has 0 aliphatic carbocycles. The van der Waals surface area contributed by atoms with Crippen LogP contribution in [0, 0.1) is 0 Å². The van der Waals surface area contributed by atoms with Crippen LogP contribution in [-0.2, 0) is 10.0 Å². The van der Waals surface area contributed by atoms with Crippen molar-refractivity contribution in [1.82, 2.24) is 18.6 Å². The van der Waals surface area contributed by atoms with E-state index < -0.39 is 10.0 Å². The van der Waals surface area contributed by atoms with Gasteiger partial charge >= 0.3 is 0 Å². The lowest BCUT2D eigenvalue weighted by molar-refractivity contribution is 0.271. The van der Waals surface area contributed by atoms with Crippen molar-refractivity contribution in [3.8, 4) is 0 Å². The van der Waals surface area contributed by atoms with Gasteiger partial charge in [-0.3, -0.25) is 4.40 Å². The minimum atomic E-state index is -3.70.